The molecule has 0 saturated heterocycles. The van der Waals surface area contributed by atoms with Gasteiger partial charge in [-0.3, -0.25) is 9.78 Å². The zero-order chi connectivity index (χ0) is 35.3. The van der Waals surface area contributed by atoms with Crippen molar-refractivity contribution in [2.24, 2.45) is 11.8 Å². The Morgan fingerprint density at radius 2 is 1.10 bits per heavy atom. The zero-order valence-electron chi connectivity index (χ0n) is 30.0. The third kappa shape index (κ3) is 13.1. The van der Waals surface area contributed by atoms with Crippen molar-refractivity contribution in [3.05, 3.63) is 100 Å². The van der Waals surface area contributed by atoms with Crippen LogP contribution in [0, 0.1) is 25.7 Å². The Morgan fingerprint density at radius 1 is 0.646 bits per heavy atom. The Hall–Kier alpha value is -3.72. The van der Waals surface area contributed by atoms with Crippen LogP contribution in [0.5, 0.6) is 5.75 Å². The number of benzene rings is 3. The molecule has 0 spiro atoms. The highest BCUT2D eigenvalue weighted by atomic mass is 17.2. The molecule has 2 unspecified atom stereocenters. The van der Waals surface area contributed by atoms with Crippen LogP contribution < -0.4 is 4.89 Å². The topological polar surface area (TPSA) is 101 Å². The fraction of sp³-hybridized carbons (Fsp3) is 0.500. The summed E-state index contributed by atoms with van der Waals surface area (Å²) in [6.45, 7) is 18.3. The molecule has 0 amide bonds. The maximum absolute atomic E-state index is 13.2. The van der Waals surface area contributed by atoms with Crippen molar-refractivity contribution in [3.8, 4) is 5.75 Å². The monoisotopic (exact) mass is 662 g/mol. The molecular formula is C40H54O8. The van der Waals surface area contributed by atoms with Crippen molar-refractivity contribution < 1.29 is 39.0 Å². The molecule has 0 aromatic heterocycles. The van der Waals surface area contributed by atoms with Gasteiger partial charge in [-0.15, -0.1) is 0 Å². The normalized spacial score (nSPS) is 13.1. The maximum Gasteiger partial charge on any atom is 0.358 e. The van der Waals surface area contributed by atoms with Crippen LogP contribution in [-0.2, 0) is 52.5 Å². The molecule has 48 heavy (non-hydrogen) atoms. The minimum Gasteiger partial charge on any atom is -0.379 e. The highest BCUT2D eigenvalue weighted by molar-refractivity contribution is 5.72. The maximum atomic E-state index is 13.2. The molecule has 0 heterocycles. The van der Waals surface area contributed by atoms with Crippen LogP contribution in [0.25, 0.3) is 0 Å². The zero-order valence-corrected chi connectivity index (χ0v) is 30.0. The highest BCUT2D eigenvalue weighted by Crippen LogP contribution is 2.28. The molecule has 3 aromatic rings. The standard InChI is InChI=1S/C40H54O8/c1-28-20-30(26-34(22-28)39(3,4)5)24-32(37(41)46-43)14-16-44-18-19-45-17-15-33(38(42)48-47-36-12-10-9-11-13-36)25-31-21-29(2)23-35(27-31)40(6,7)8/h9-13,20-23,26-27,32-33,43H,14-19,24-25H2,1-8H3. The Labute approximate surface area is 286 Å². The number of rotatable bonds is 17. The first-order valence-electron chi connectivity index (χ1n) is 16.8. The Kier molecular flexibility index (Phi) is 14.6. The average Bonchev–Trinajstić information content (AvgIpc) is 3.02. The predicted octanol–water partition coefficient (Wildman–Crippen LogP) is 8.28. The molecule has 0 fully saturated rings. The minimum atomic E-state index is -0.675. The van der Waals surface area contributed by atoms with Gasteiger partial charge in [0.1, 0.15) is 0 Å². The van der Waals surface area contributed by atoms with Crippen LogP contribution in [-0.4, -0.2) is 43.6 Å². The van der Waals surface area contributed by atoms with E-state index in [1.54, 1.807) is 12.1 Å². The summed E-state index contributed by atoms with van der Waals surface area (Å²) in [4.78, 5) is 40.2. The number of aryl methyl sites for hydroxylation is 2. The van der Waals surface area contributed by atoms with E-state index in [0.29, 0.717) is 57.9 Å². The largest absolute Gasteiger partial charge is 0.379 e. The number of hydrogen-bond acceptors (Lipinski definition) is 8. The Bertz CT molecular complexity index is 1450. The van der Waals surface area contributed by atoms with E-state index >= 15 is 0 Å². The molecule has 262 valence electrons. The third-order valence-corrected chi connectivity index (χ3v) is 8.28. The van der Waals surface area contributed by atoms with Crippen LogP contribution in [0.4, 0.5) is 0 Å². The molecule has 8 nitrogen and oxygen atoms in total. The van der Waals surface area contributed by atoms with Gasteiger partial charge in [-0.1, -0.05) is 107 Å². The van der Waals surface area contributed by atoms with Gasteiger partial charge in [-0.05, 0) is 84.7 Å². The van der Waals surface area contributed by atoms with Crippen LogP contribution in [0.3, 0.4) is 0 Å². The molecule has 0 aliphatic rings. The summed E-state index contributed by atoms with van der Waals surface area (Å²) in [5, 5.41) is 9.10. The fourth-order valence-corrected chi connectivity index (χ4v) is 5.48. The lowest BCUT2D eigenvalue weighted by atomic mass is 9.84. The van der Waals surface area contributed by atoms with Crippen molar-refractivity contribution in [1.82, 2.24) is 0 Å². The lowest BCUT2D eigenvalue weighted by molar-refractivity contribution is -0.239. The fourth-order valence-electron chi connectivity index (χ4n) is 5.48. The smallest absolute Gasteiger partial charge is 0.358 e. The van der Waals surface area contributed by atoms with Gasteiger partial charge in [0, 0.05) is 13.2 Å². The Morgan fingerprint density at radius 3 is 1.54 bits per heavy atom. The van der Waals surface area contributed by atoms with Gasteiger partial charge in [0.25, 0.3) is 0 Å². The van der Waals surface area contributed by atoms with E-state index in [4.69, 9.17) is 24.5 Å². The van der Waals surface area contributed by atoms with Crippen LogP contribution in [0.15, 0.2) is 66.7 Å². The number of hydrogen-bond donors (Lipinski definition) is 1. The van der Waals surface area contributed by atoms with Crippen molar-refractivity contribution in [1.29, 1.82) is 0 Å². The second-order valence-corrected chi connectivity index (χ2v) is 14.7. The SMILES string of the molecule is Cc1cc(CC(CCOCCOCCC(Cc2cc(C)cc(C(C)(C)C)c2)C(=O)OOc2ccccc2)C(=O)OO)cc(C(C)(C)C)c1. The van der Waals surface area contributed by atoms with E-state index in [1.165, 1.54) is 11.1 Å². The van der Waals surface area contributed by atoms with Gasteiger partial charge in [-0.25, -0.2) is 9.59 Å². The van der Waals surface area contributed by atoms with Gasteiger partial charge in [0.15, 0.2) is 5.75 Å². The lowest BCUT2D eigenvalue weighted by Gasteiger charge is -2.22. The van der Waals surface area contributed by atoms with Crippen molar-refractivity contribution >= 4 is 11.9 Å². The van der Waals surface area contributed by atoms with Crippen LogP contribution in [0.1, 0.15) is 87.8 Å². The predicted molar refractivity (Wildman–Crippen MR) is 187 cm³/mol. The summed E-state index contributed by atoms with van der Waals surface area (Å²) < 4.78 is 11.6. The number of ether oxygens (including phenoxy) is 2. The summed E-state index contributed by atoms with van der Waals surface area (Å²) >= 11 is 0. The van der Waals surface area contributed by atoms with Gasteiger partial charge < -0.3 is 14.4 Å². The average molecular weight is 663 g/mol. The van der Waals surface area contributed by atoms with Gasteiger partial charge in [0.05, 0.1) is 25.0 Å². The van der Waals surface area contributed by atoms with Crippen molar-refractivity contribution in [2.75, 3.05) is 26.4 Å². The molecule has 3 aromatic carbocycles. The molecular weight excluding hydrogens is 608 g/mol. The van der Waals surface area contributed by atoms with E-state index in [9.17, 15) is 9.59 Å². The molecule has 2 atom stereocenters. The summed E-state index contributed by atoms with van der Waals surface area (Å²) in [5.74, 6) is -1.70. The molecule has 0 radical (unpaired) electrons. The summed E-state index contributed by atoms with van der Waals surface area (Å²) in [6.07, 6.45) is 1.75. The molecule has 0 aliphatic carbocycles. The first-order valence-corrected chi connectivity index (χ1v) is 16.8. The molecule has 8 heteroatoms. The third-order valence-electron chi connectivity index (χ3n) is 8.28. The van der Waals surface area contributed by atoms with E-state index < -0.39 is 23.8 Å². The summed E-state index contributed by atoms with van der Waals surface area (Å²) in [6, 6.07) is 21.7. The van der Waals surface area contributed by atoms with Gasteiger partial charge in [-0.2, -0.15) is 5.26 Å². The summed E-state index contributed by atoms with van der Waals surface area (Å²) in [5.41, 5.74) is 6.68. The van der Waals surface area contributed by atoms with Gasteiger partial charge >= 0.3 is 11.9 Å². The first kappa shape index (κ1) is 38.7. The van der Waals surface area contributed by atoms with E-state index in [2.05, 4.69) is 89.8 Å². The lowest BCUT2D eigenvalue weighted by Crippen LogP contribution is -2.24. The van der Waals surface area contributed by atoms with Crippen molar-refractivity contribution in [3.63, 3.8) is 0 Å². The number of para-hydroxylation sites is 1. The van der Waals surface area contributed by atoms with E-state index in [0.717, 1.165) is 22.3 Å². The van der Waals surface area contributed by atoms with Crippen LogP contribution in [0.2, 0.25) is 0 Å². The number of carbonyl (C=O) groups excluding carboxylic acids is 2. The Balaban J connectivity index is 1.51. The van der Waals surface area contributed by atoms with Crippen LogP contribution >= 0.6 is 0 Å². The quantitative estimate of drug-likeness (QED) is 0.0876. The molecule has 0 saturated carbocycles. The second kappa shape index (κ2) is 18.2. The number of carbonyl (C=O) groups is 2. The first-order chi connectivity index (χ1) is 22.7. The van der Waals surface area contributed by atoms with Gasteiger partial charge in [0.2, 0.25) is 0 Å². The summed E-state index contributed by atoms with van der Waals surface area (Å²) in [7, 11) is 0. The second-order valence-electron chi connectivity index (χ2n) is 14.7. The molecule has 3 rings (SSSR count). The molecule has 0 aliphatic heterocycles. The van der Waals surface area contributed by atoms with E-state index in [-0.39, 0.29) is 10.8 Å². The van der Waals surface area contributed by atoms with E-state index in [1.807, 2.05) is 25.1 Å². The minimum absolute atomic E-state index is 0.0227. The molecule has 0 bridgehead atoms. The van der Waals surface area contributed by atoms with Crippen molar-refractivity contribution in [2.45, 2.75) is 91.9 Å². The molecule has 1 N–H and O–H groups in total. The highest BCUT2D eigenvalue weighted by Gasteiger charge is 2.25.